The Balaban J connectivity index is 1.96. The Morgan fingerprint density at radius 3 is 3.17 bits per heavy atom. The van der Waals surface area contributed by atoms with Gasteiger partial charge in [-0.25, -0.2) is 0 Å². The van der Waals surface area contributed by atoms with Crippen molar-refractivity contribution >= 4 is 16.9 Å². The maximum atomic E-state index is 11.1. The van der Waals surface area contributed by atoms with Crippen molar-refractivity contribution in [2.75, 3.05) is 0 Å². The second-order valence-corrected chi connectivity index (χ2v) is 5.12. The number of nitrogens with zero attached hydrogens (tertiary/aromatic N) is 1. The van der Waals surface area contributed by atoms with Gasteiger partial charge in [0.05, 0.1) is 5.52 Å². The van der Waals surface area contributed by atoms with Gasteiger partial charge in [-0.1, -0.05) is 18.2 Å². The molecule has 0 radical (unpaired) electrons. The third-order valence-corrected chi connectivity index (χ3v) is 4.22. The van der Waals surface area contributed by atoms with Gasteiger partial charge in [-0.2, -0.15) is 0 Å². The minimum atomic E-state index is -0.755. The van der Waals surface area contributed by atoms with Gasteiger partial charge in [0.1, 0.15) is 6.04 Å². The molecule has 4 rings (SSSR count). The summed E-state index contributed by atoms with van der Waals surface area (Å²) < 4.78 is 2.37. The second kappa shape index (κ2) is 3.36. The number of hydrogen-bond acceptors (Lipinski definition) is 2. The van der Waals surface area contributed by atoms with E-state index in [1.807, 2.05) is 0 Å². The van der Waals surface area contributed by atoms with Gasteiger partial charge in [0, 0.05) is 30.6 Å². The van der Waals surface area contributed by atoms with E-state index in [9.17, 15) is 4.79 Å². The van der Waals surface area contributed by atoms with E-state index in [0.717, 1.165) is 13.0 Å². The predicted octanol–water partition coefficient (Wildman–Crippen LogP) is 1.30. The molecule has 1 aromatic carbocycles. The lowest BCUT2D eigenvalue weighted by molar-refractivity contribution is -0.139. The first-order chi connectivity index (χ1) is 8.75. The average Bonchev–Trinajstić information content (AvgIpc) is 2.94. The van der Waals surface area contributed by atoms with Crippen molar-refractivity contribution in [1.82, 2.24) is 9.88 Å². The molecule has 4 heteroatoms. The monoisotopic (exact) mass is 242 g/mol. The molecule has 18 heavy (non-hydrogen) atoms. The number of aryl methyl sites for hydroxylation is 2. The Morgan fingerprint density at radius 2 is 2.33 bits per heavy atom. The molecule has 1 atom stereocenters. The minimum Gasteiger partial charge on any atom is -0.480 e. The molecule has 0 fully saturated rings. The van der Waals surface area contributed by atoms with Crippen molar-refractivity contribution < 1.29 is 9.90 Å². The molecule has 2 aromatic rings. The van der Waals surface area contributed by atoms with Crippen molar-refractivity contribution in [1.29, 1.82) is 0 Å². The van der Waals surface area contributed by atoms with Crippen LogP contribution in [0.15, 0.2) is 18.2 Å². The number of aliphatic carboxylic acids is 1. The van der Waals surface area contributed by atoms with Crippen LogP contribution in [-0.4, -0.2) is 21.7 Å². The lowest BCUT2D eigenvalue weighted by Gasteiger charge is -2.22. The lowest BCUT2D eigenvalue weighted by atomic mass is 9.97. The maximum Gasteiger partial charge on any atom is 0.321 e. The van der Waals surface area contributed by atoms with E-state index < -0.39 is 12.0 Å². The van der Waals surface area contributed by atoms with Gasteiger partial charge < -0.3 is 9.67 Å². The first-order valence-corrected chi connectivity index (χ1v) is 6.34. The van der Waals surface area contributed by atoms with Crippen LogP contribution in [0.1, 0.15) is 16.8 Å². The van der Waals surface area contributed by atoms with Crippen LogP contribution in [0.3, 0.4) is 0 Å². The third-order valence-electron chi connectivity index (χ3n) is 4.22. The molecule has 92 valence electrons. The highest BCUT2D eigenvalue weighted by Crippen LogP contribution is 2.35. The first-order valence-electron chi connectivity index (χ1n) is 6.34. The molecule has 0 amide bonds. The van der Waals surface area contributed by atoms with Crippen molar-refractivity contribution in [2.24, 2.45) is 0 Å². The molecule has 0 bridgehead atoms. The number of aromatic nitrogens is 1. The van der Waals surface area contributed by atoms with Gasteiger partial charge in [0.2, 0.25) is 0 Å². The molecular formula is C14H14N2O2. The average molecular weight is 242 g/mol. The molecule has 4 nitrogen and oxygen atoms in total. The Labute approximate surface area is 104 Å². The van der Waals surface area contributed by atoms with Crippen molar-refractivity contribution in [2.45, 2.75) is 32.0 Å². The van der Waals surface area contributed by atoms with Crippen molar-refractivity contribution in [3.05, 3.63) is 35.0 Å². The predicted molar refractivity (Wildman–Crippen MR) is 67.6 cm³/mol. The fourth-order valence-corrected chi connectivity index (χ4v) is 3.39. The Hall–Kier alpha value is -1.81. The fourth-order valence-electron chi connectivity index (χ4n) is 3.39. The van der Waals surface area contributed by atoms with E-state index in [2.05, 4.69) is 28.1 Å². The van der Waals surface area contributed by atoms with Crippen LogP contribution in [-0.2, 0) is 30.7 Å². The van der Waals surface area contributed by atoms with Crippen LogP contribution in [0, 0.1) is 0 Å². The molecule has 2 aliphatic heterocycles. The molecule has 3 heterocycles. The van der Waals surface area contributed by atoms with E-state index in [-0.39, 0.29) is 0 Å². The number of hydrogen-bond donors (Lipinski definition) is 2. The van der Waals surface area contributed by atoms with Crippen molar-refractivity contribution in [3.63, 3.8) is 0 Å². The number of para-hydroxylation sites is 1. The molecule has 2 N–H and O–H groups in total. The molecule has 0 saturated heterocycles. The summed E-state index contributed by atoms with van der Waals surface area (Å²) in [6.45, 7) is 1.70. The summed E-state index contributed by atoms with van der Waals surface area (Å²) in [4.78, 5) is 11.1. The van der Waals surface area contributed by atoms with Gasteiger partial charge in [0.25, 0.3) is 0 Å². The molecule has 2 aliphatic rings. The van der Waals surface area contributed by atoms with Gasteiger partial charge in [-0.15, -0.1) is 0 Å². The van der Waals surface area contributed by atoms with Crippen LogP contribution < -0.4 is 5.32 Å². The second-order valence-electron chi connectivity index (χ2n) is 5.12. The number of carboxylic acids is 1. The van der Waals surface area contributed by atoms with Crippen LogP contribution in [0.4, 0.5) is 0 Å². The number of carboxylic acid groups (broad SMARTS) is 1. The van der Waals surface area contributed by atoms with Gasteiger partial charge >= 0.3 is 5.97 Å². The molecule has 0 spiro atoms. The standard InChI is InChI=1S/C14H14N2O2/c17-14(18)11-6-10-9-3-1-2-8-4-5-16(13(8)9)12(10)7-15-11/h1-3,11,15H,4-7H2,(H,17,18). The van der Waals surface area contributed by atoms with Gasteiger partial charge in [-0.05, 0) is 17.5 Å². The fraction of sp³-hybridized carbons (Fsp3) is 0.357. The first kappa shape index (κ1) is 10.1. The summed E-state index contributed by atoms with van der Waals surface area (Å²) in [5.41, 5.74) is 5.24. The highest BCUT2D eigenvalue weighted by atomic mass is 16.4. The zero-order valence-corrected chi connectivity index (χ0v) is 9.94. The smallest absolute Gasteiger partial charge is 0.321 e. The Bertz CT molecular complexity index is 672. The van der Waals surface area contributed by atoms with E-state index in [4.69, 9.17) is 5.11 Å². The normalized spacial score (nSPS) is 21.2. The zero-order chi connectivity index (χ0) is 12.3. The van der Waals surface area contributed by atoms with Gasteiger partial charge in [-0.3, -0.25) is 10.1 Å². The third kappa shape index (κ3) is 1.16. The maximum absolute atomic E-state index is 11.1. The summed E-state index contributed by atoms with van der Waals surface area (Å²) in [5, 5.41) is 13.5. The number of nitrogens with one attached hydrogen (secondary N) is 1. The van der Waals surface area contributed by atoms with Crippen molar-refractivity contribution in [3.8, 4) is 0 Å². The summed E-state index contributed by atoms with van der Waals surface area (Å²) in [6, 6.07) is 5.95. The van der Waals surface area contributed by atoms with Gasteiger partial charge in [0.15, 0.2) is 0 Å². The SMILES string of the molecule is O=C(O)C1Cc2c(n3c4c(cccc24)CC3)CN1. The minimum absolute atomic E-state index is 0.445. The molecule has 1 unspecified atom stereocenters. The van der Waals surface area contributed by atoms with Crippen LogP contribution in [0.5, 0.6) is 0 Å². The molecule has 0 aliphatic carbocycles. The van der Waals surface area contributed by atoms with E-state index in [1.54, 1.807) is 0 Å². The highest BCUT2D eigenvalue weighted by Gasteiger charge is 2.30. The number of rotatable bonds is 1. The van der Waals surface area contributed by atoms with Crippen LogP contribution >= 0.6 is 0 Å². The summed E-state index contributed by atoms with van der Waals surface area (Å²) in [7, 11) is 0. The Morgan fingerprint density at radius 1 is 1.44 bits per heavy atom. The molecular weight excluding hydrogens is 228 g/mol. The summed E-state index contributed by atoms with van der Waals surface area (Å²) >= 11 is 0. The lowest BCUT2D eigenvalue weighted by Crippen LogP contribution is -2.42. The van der Waals surface area contributed by atoms with E-state index in [0.29, 0.717) is 13.0 Å². The van der Waals surface area contributed by atoms with E-state index in [1.165, 1.54) is 27.7 Å². The largest absolute Gasteiger partial charge is 0.480 e. The number of benzene rings is 1. The summed E-state index contributed by atoms with van der Waals surface area (Å²) in [5.74, 6) is -0.755. The quantitative estimate of drug-likeness (QED) is 0.792. The van der Waals surface area contributed by atoms with E-state index >= 15 is 0 Å². The Kier molecular flexibility index (Phi) is 1.89. The number of carbonyl (C=O) groups is 1. The van der Waals surface area contributed by atoms with Crippen LogP contribution in [0.2, 0.25) is 0 Å². The van der Waals surface area contributed by atoms with Crippen LogP contribution in [0.25, 0.3) is 10.9 Å². The topological polar surface area (TPSA) is 54.3 Å². The number of fused-ring (bicyclic) bond motifs is 3. The molecule has 1 aromatic heterocycles. The molecule has 0 saturated carbocycles. The summed E-state index contributed by atoms with van der Waals surface area (Å²) in [6.07, 6.45) is 1.69. The highest BCUT2D eigenvalue weighted by molar-refractivity contribution is 5.90. The zero-order valence-electron chi connectivity index (χ0n) is 9.94.